The molecule has 0 bridgehead atoms. The second-order valence-corrected chi connectivity index (χ2v) is 5.91. The number of aryl methyl sites for hydroxylation is 1. The molecule has 0 radical (unpaired) electrons. The molecule has 0 spiro atoms. The van der Waals surface area contributed by atoms with Gasteiger partial charge in [0.15, 0.2) is 0 Å². The second kappa shape index (κ2) is 8.02. The van der Waals surface area contributed by atoms with E-state index in [1.807, 2.05) is 42.5 Å². The van der Waals surface area contributed by atoms with Crippen LogP contribution in [0.2, 0.25) is 0 Å². The Kier molecular flexibility index (Phi) is 6.04. The highest BCUT2D eigenvalue weighted by Gasteiger charge is 2.07. The molecule has 1 amide bonds. The number of hydrogen-bond acceptors (Lipinski definition) is 2. The molecule has 0 aliphatic carbocycles. The van der Waals surface area contributed by atoms with Gasteiger partial charge in [-0.15, -0.1) is 0 Å². The van der Waals surface area contributed by atoms with Crippen LogP contribution in [-0.4, -0.2) is 6.09 Å². The molecule has 2 aromatic rings. The molecule has 110 valence electrons. The van der Waals surface area contributed by atoms with Crippen molar-refractivity contribution in [3.63, 3.8) is 0 Å². The number of anilines is 1. The lowest BCUT2D eigenvalue weighted by atomic mass is 10.1. The number of benzene rings is 2. The summed E-state index contributed by atoms with van der Waals surface area (Å²) in [7, 11) is 0. The predicted octanol–water partition coefficient (Wildman–Crippen LogP) is 4.99. The summed E-state index contributed by atoms with van der Waals surface area (Å²) in [5, 5.41) is 2.78. The molecule has 0 aliphatic rings. The first kappa shape index (κ1) is 15.8. The zero-order valence-corrected chi connectivity index (χ0v) is 14.1. The van der Waals surface area contributed by atoms with Gasteiger partial charge >= 0.3 is 6.09 Å². The summed E-state index contributed by atoms with van der Waals surface area (Å²) in [6.07, 6.45) is 1.73. The van der Waals surface area contributed by atoms with Crippen LogP contribution >= 0.6 is 22.6 Å². The highest BCUT2D eigenvalue weighted by molar-refractivity contribution is 14.1. The fourth-order valence-corrected chi connectivity index (χ4v) is 2.69. The summed E-state index contributed by atoms with van der Waals surface area (Å²) in [4.78, 5) is 11.8. The van der Waals surface area contributed by atoms with Crippen LogP contribution in [0.25, 0.3) is 0 Å². The molecule has 0 aromatic heterocycles. The summed E-state index contributed by atoms with van der Waals surface area (Å²) in [5.74, 6) is 0. The maximum absolute atomic E-state index is 11.8. The van der Waals surface area contributed by atoms with Gasteiger partial charge in [-0.1, -0.05) is 49.7 Å². The van der Waals surface area contributed by atoms with E-state index in [2.05, 4.69) is 40.9 Å². The highest BCUT2D eigenvalue weighted by Crippen LogP contribution is 2.20. The number of ether oxygens (including phenoxy) is 1. The van der Waals surface area contributed by atoms with E-state index in [0.29, 0.717) is 0 Å². The fraction of sp³-hybridized carbons (Fsp3) is 0.235. The molecule has 4 heteroatoms. The van der Waals surface area contributed by atoms with Crippen LogP contribution in [-0.2, 0) is 17.8 Å². The number of carbonyl (C=O) groups is 1. The van der Waals surface area contributed by atoms with Crippen molar-refractivity contribution in [2.24, 2.45) is 0 Å². The Morgan fingerprint density at radius 3 is 2.57 bits per heavy atom. The molecule has 0 heterocycles. The molecule has 0 saturated heterocycles. The minimum absolute atomic E-state index is 0.275. The molecule has 21 heavy (non-hydrogen) atoms. The van der Waals surface area contributed by atoms with Gasteiger partial charge in [-0.2, -0.15) is 0 Å². The quantitative estimate of drug-likeness (QED) is 0.725. The molecule has 1 N–H and O–H groups in total. The minimum Gasteiger partial charge on any atom is -0.444 e. The van der Waals surface area contributed by atoms with Crippen molar-refractivity contribution in [3.8, 4) is 0 Å². The van der Waals surface area contributed by atoms with Gasteiger partial charge in [-0.05, 0) is 52.3 Å². The minimum atomic E-state index is -0.431. The van der Waals surface area contributed by atoms with E-state index in [4.69, 9.17) is 4.74 Å². The molecular weight excluding hydrogens is 377 g/mol. The normalized spacial score (nSPS) is 10.2. The van der Waals surface area contributed by atoms with Crippen molar-refractivity contribution in [3.05, 3.63) is 63.2 Å². The van der Waals surface area contributed by atoms with E-state index in [9.17, 15) is 4.79 Å². The van der Waals surface area contributed by atoms with E-state index >= 15 is 0 Å². The Morgan fingerprint density at radius 1 is 1.14 bits per heavy atom. The summed E-state index contributed by atoms with van der Waals surface area (Å²) in [5.41, 5.74) is 3.04. The zero-order valence-electron chi connectivity index (χ0n) is 11.9. The van der Waals surface area contributed by atoms with Gasteiger partial charge in [0, 0.05) is 3.57 Å². The van der Waals surface area contributed by atoms with Crippen LogP contribution in [0.4, 0.5) is 10.5 Å². The molecule has 3 nitrogen and oxygen atoms in total. The SMILES string of the molecule is CCCc1ccc(NC(=O)OCc2ccccc2)c(I)c1. The van der Waals surface area contributed by atoms with Crippen molar-refractivity contribution in [1.82, 2.24) is 0 Å². The third-order valence-electron chi connectivity index (χ3n) is 3.02. The van der Waals surface area contributed by atoms with Crippen LogP contribution in [0.15, 0.2) is 48.5 Å². The molecule has 2 rings (SSSR count). The third-order valence-corrected chi connectivity index (χ3v) is 3.91. The predicted molar refractivity (Wildman–Crippen MR) is 93.4 cm³/mol. The molecular formula is C17H18INO2. The first-order chi connectivity index (χ1) is 10.2. The van der Waals surface area contributed by atoms with Crippen LogP contribution in [0.5, 0.6) is 0 Å². The highest BCUT2D eigenvalue weighted by atomic mass is 127. The van der Waals surface area contributed by atoms with Crippen LogP contribution in [0, 0.1) is 3.57 Å². The Morgan fingerprint density at radius 2 is 1.90 bits per heavy atom. The molecule has 2 aromatic carbocycles. The van der Waals surface area contributed by atoms with Crippen molar-refractivity contribution < 1.29 is 9.53 Å². The Bertz CT molecular complexity index is 599. The number of carbonyl (C=O) groups excluding carboxylic acids is 1. The average Bonchev–Trinajstić information content (AvgIpc) is 2.49. The molecule has 0 unspecified atom stereocenters. The summed E-state index contributed by atoms with van der Waals surface area (Å²) in [6, 6.07) is 15.7. The molecule has 0 aliphatic heterocycles. The van der Waals surface area contributed by atoms with Gasteiger partial charge in [-0.25, -0.2) is 4.79 Å². The van der Waals surface area contributed by atoms with E-state index in [-0.39, 0.29) is 6.61 Å². The topological polar surface area (TPSA) is 38.3 Å². The Hall–Kier alpha value is -1.56. The number of rotatable bonds is 5. The molecule has 0 fully saturated rings. The van der Waals surface area contributed by atoms with Gasteiger partial charge in [0.1, 0.15) is 6.61 Å². The van der Waals surface area contributed by atoms with Gasteiger partial charge in [-0.3, -0.25) is 5.32 Å². The summed E-state index contributed by atoms with van der Waals surface area (Å²) < 4.78 is 6.23. The smallest absolute Gasteiger partial charge is 0.411 e. The van der Waals surface area contributed by atoms with Gasteiger partial charge in [0.05, 0.1) is 5.69 Å². The molecule has 0 atom stereocenters. The van der Waals surface area contributed by atoms with E-state index < -0.39 is 6.09 Å². The first-order valence-electron chi connectivity index (χ1n) is 6.95. The number of nitrogens with one attached hydrogen (secondary N) is 1. The van der Waals surface area contributed by atoms with Crippen molar-refractivity contribution in [2.45, 2.75) is 26.4 Å². The van der Waals surface area contributed by atoms with Crippen LogP contribution in [0.3, 0.4) is 0 Å². The number of hydrogen-bond donors (Lipinski definition) is 1. The van der Waals surface area contributed by atoms with Crippen molar-refractivity contribution in [2.75, 3.05) is 5.32 Å². The van der Waals surface area contributed by atoms with Gasteiger partial charge in [0.25, 0.3) is 0 Å². The average molecular weight is 395 g/mol. The summed E-state index contributed by atoms with van der Waals surface area (Å²) in [6.45, 7) is 2.43. The fourth-order valence-electron chi connectivity index (χ4n) is 1.97. The lowest BCUT2D eigenvalue weighted by Crippen LogP contribution is -2.14. The first-order valence-corrected chi connectivity index (χ1v) is 8.03. The monoisotopic (exact) mass is 395 g/mol. The van der Waals surface area contributed by atoms with Gasteiger partial charge < -0.3 is 4.74 Å². The third kappa shape index (κ3) is 5.04. The Balaban J connectivity index is 1.90. The maximum atomic E-state index is 11.8. The van der Waals surface area contributed by atoms with E-state index in [0.717, 1.165) is 27.7 Å². The van der Waals surface area contributed by atoms with Crippen molar-refractivity contribution >= 4 is 34.4 Å². The van der Waals surface area contributed by atoms with Crippen molar-refractivity contribution in [1.29, 1.82) is 0 Å². The maximum Gasteiger partial charge on any atom is 0.411 e. The van der Waals surface area contributed by atoms with Gasteiger partial charge in [0.2, 0.25) is 0 Å². The van der Waals surface area contributed by atoms with Crippen LogP contribution in [0.1, 0.15) is 24.5 Å². The van der Waals surface area contributed by atoms with E-state index in [1.165, 1.54) is 5.56 Å². The lowest BCUT2D eigenvalue weighted by Gasteiger charge is -2.10. The standard InChI is InChI=1S/C17H18INO2/c1-2-6-13-9-10-16(15(18)11-13)19-17(20)21-12-14-7-4-3-5-8-14/h3-5,7-11H,2,6,12H2,1H3,(H,19,20). The van der Waals surface area contributed by atoms with Crippen LogP contribution < -0.4 is 5.32 Å². The lowest BCUT2D eigenvalue weighted by molar-refractivity contribution is 0.155. The van der Waals surface area contributed by atoms with E-state index in [1.54, 1.807) is 0 Å². The zero-order chi connectivity index (χ0) is 15.1. The number of amides is 1. The second-order valence-electron chi connectivity index (χ2n) is 4.75. The number of halogens is 1. The largest absolute Gasteiger partial charge is 0.444 e. The Labute approximate surface area is 138 Å². The summed E-state index contributed by atoms with van der Waals surface area (Å²) >= 11 is 2.23. The molecule has 0 saturated carbocycles.